The lowest BCUT2D eigenvalue weighted by Gasteiger charge is -2.37. The fourth-order valence-corrected chi connectivity index (χ4v) is 4.80. The lowest BCUT2D eigenvalue weighted by Crippen LogP contribution is -2.46. The number of anilines is 2. The second kappa shape index (κ2) is 9.54. The molecule has 1 saturated carbocycles. The maximum atomic E-state index is 11.8. The van der Waals surface area contributed by atoms with Gasteiger partial charge in [-0.25, -0.2) is 9.50 Å². The van der Waals surface area contributed by atoms with Gasteiger partial charge in [-0.1, -0.05) is 30.7 Å². The van der Waals surface area contributed by atoms with Crippen molar-refractivity contribution in [3.63, 3.8) is 0 Å². The molecule has 184 valence electrons. The van der Waals surface area contributed by atoms with Crippen LogP contribution in [0.4, 0.5) is 11.4 Å². The Hall–Kier alpha value is -4.04. The number of aromatic amines is 1. The van der Waals surface area contributed by atoms with Gasteiger partial charge in [0.2, 0.25) is 0 Å². The molecule has 0 radical (unpaired) electrons. The molecule has 2 aromatic carbocycles. The number of piperazine rings is 1. The normalized spacial score (nSPS) is 16.1. The summed E-state index contributed by atoms with van der Waals surface area (Å²) in [7, 11) is 0. The zero-order chi connectivity index (χ0) is 24.5. The second-order valence-corrected chi connectivity index (χ2v) is 9.45. The summed E-state index contributed by atoms with van der Waals surface area (Å²) in [6.07, 6.45) is 5.61. The first-order valence-electron chi connectivity index (χ1n) is 12.6. The molecule has 3 aromatic heterocycles. The number of nitrogens with one attached hydrogen (secondary N) is 1. The topological polar surface area (TPSA) is 95.8 Å². The predicted octanol–water partition coefficient (Wildman–Crippen LogP) is 4.26. The van der Waals surface area contributed by atoms with E-state index >= 15 is 0 Å². The van der Waals surface area contributed by atoms with Crippen molar-refractivity contribution in [2.45, 2.75) is 25.3 Å². The molecule has 0 amide bonds. The molecule has 8 heteroatoms. The number of imidazole rings is 1. The number of hydrogen-bond acceptors (Lipinski definition) is 6. The highest BCUT2D eigenvalue weighted by atomic mass is 16.3. The van der Waals surface area contributed by atoms with E-state index in [2.05, 4.69) is 56.3 Å². The number of fused-ring (bicyclic) bond motifs is 2. The molecule has 1 aliphatic heterocycles. The van der Waals surface area contributed by atoms with E-state index in [0.29, 0.717) is 17.4 Å². The number of benzene rings is 2. The average Bonchev–Trinajstić information content (AvgIpc) is 3.52. The van der Waals surface area contributed by atoms with Gasteiger partial charge in [-0.15, -0.1) is 0 Å². The molecule has 0 spiro atoms. The van der Waals surface area contributed by atoms with Crippen molar-refractivity contribution < 1.29 is 4.42 Å². The molecule has 2 aliphatic rings. The molecule has 7 rings (SSSR count). The number of hydrogen-bond donors (Lipinski definition) is 2. The first-order valence-corrected chi connectivity index (χ1v) is 12.6. The van der Waals surface area contributed by atoms with Crippen LogP contribution >= 0.6 is 0 Å². The highest BCUT2D eigenvalue weighted by Gasteiger charge is 2.21. The van der Waals surface area contributed by atoms with Crippen LogP contribution in [0.2, 0.25) is 0 Å². The summed E-state index contributed by atoms with van der Waals surface area (Å²) in [5.74, 6) is 0.680. The zero-order valence-corrected chi connectivity index (χ0v) is 20.1. The Labute approximate surface area is 208 Å². The lowest BCUT2D eigenvalue weighted by molar-refractivity contribution is 0.418. The molecule has 1 saturated heterocycles. The Morgan fingerprint density at radius 1 is 0.917 bits per heavy atom. The van der Waals surface area contributed by atoms with Gasteiger partial charge in [0.25, 0.3) is 5.56 Å². The highest BCUT2D eigenvalue weighted by Crippen LogP contribution is 2.34. The smallest absolute Gasteiger partial charge is 0.263 e. The van der Waals surface area contributed by atoms with E-state index < -0.39 is 0 Å². The first kappa shape index (κ1) is 22.4. The van der Waals surface area contributed by atoms with Crippen LogP contribution in [0.5, 0.6) is 0 Å². The van der Waals surface area contributed by atoms with Gasteiger partial charge in [-0.3, -0.25) is 9.89 Å². The Bertz CT molecular complexity index is 1520. The molecule has 5 aromatic rings. The summed E-state index contributed by atoms with van der Waals surface area (Å²) in [6.45, 7) is 3.83. The summed E-state index contributed by atoms with van der Waals surface area (Å²) in [5.41, 5.74) is 9.86. The van der Waals surface area contributed by atoms with E-state index in [-0.39, 0.29) is 5.56 Å². The lowest BCUT2D eigenvalue weighted by atomic mass is 9.95. The van der Waals surface area contributed by atoms with E-state index in [4.69, 9.17) is 10.2 Å². The number of H-pyrrole nitrogens is 1. The molecule has 36 heavy (non-hydrogen) atoms. The number of aromatic nitrogens is 3. The van der Waals surface area contributed by atoms with Crippen molar-refractivity contribution in [3.05, 3.63) is 83.3 Å². The molecule has 4 heterocycles. The summed E-state index contributed by atoms with van der Waals surface area (Å²) in [4.78, 5) is 21.0. The van der Waals surface area contributed by atoms with Crippen molar-refractivity contribution in [1.82, 2.24) is 14.6 Å². The third kappa shape index (κ3) is 4.35. The molecule has 2 fully saturated rings. The van der Waals surface area contributed by atoms with Crippen LogP contribution < -0.4 is 21.1 Å². The fraction of sp³-hybridized carbons (Fsp3) is 0.286. The van der Waals surface area contributed by atoms with E-state index in [1.54, 1.807) is 16.8 Å². The highest BCUT2D eigenvalue weighted by molar-refractivity contribution is 5.94. The standard InChI is InChI=1S/C24H21N5O2.C4H9N/c30-24-10-9-23-25-16-20(29(23)26-24)22-15-18-19(7-4-8-21(18)31-22)28-13-11-27(12-14-28)17-5-2-1-3-6-17;5-4-2-1-3-4/h1-10,15-16H,11-14H2,(H,26,30);4H,1-3,5H2. The van der Waals surface area contributed by atoms with Crippen molar-refractivity contribution in [2.75, 3.05) is 36.0 Å². The average molecular weight is 483 g/mol. The third-order valence-electron chi connectivity index (χ3n) is 7.08. The second-order valence-electron chi connectivity index (χ2n) is 9.45. The van der Waals surface area contributed by atoms with Crippen LogP contribution in [0.1, 0.15) is 19.3 Å². The number of furan rings is 1. The van der Waals surface area contributed by atoms with Gasteiger partial charge in [-0.05, 0) is 49.2 Å². The van der Waals surface area contributed by atoms with Crippen molar-refractivity contribution >= 4 is 28.0 Å². The Balaban J connectivity index is 0.000000431. The Morgan fingerprint density at radius 2 is 1.67 bits per heavy atom. The van der Waals surface area contributed by atoms with E-state index in [0.717, 1.165) is 42.8 Å². The molecular formula is C28H30N6O2. The minimum absolute atomic E-state index is 0.181. The first-order chi connectivity index (χ1) is 17.7. The van der Waals surface area contributed by atoms with Gasteiger partial charge >= 0.3 is 0 Å². The molecule has 0 bridgehead atoms. The summed E-state index contributed by atoms with van der Waals surface area (Å²) < 4.78 is 7.83. The van der Waals surface area contributed by atoms with E-state index in [1.807, 2.05) is 18.2 Å². The van der Waals surface area contributed by atoms with Crippen LogP contribution in [0.3, 0.4) is 0 Å². The van der Waals surface area contributed by atoms with Gasteiger partial charge < -0.3 is 20.0 Å². The van der Waals surface area contributed by atoms with Crippen molar-refractivity contribution in [2.24, 2.45) is 5.73 Å². The number of para-hydroxylation sites is 1. The number of nitrogens with zero attached hydrogens (tertiary/aromatic N) is 4. The molecule has 0 atom stereocenters. The van der Waals surface area contributed by atoms with Gasteiger partial charge in [-0.2, -0.15) is 0 Å². The predicted molar refractivity (Wildman–Crippen MR) is 144 cm³/mol. The molecule has 1 aliphatic carbocycles. The largest absolute Gasteiger partial charge is 0.454 e. The van der Waals surface area contributed by atoms with E-state index in [9.17, 15) is 4.79 Å². The van der Waals surface area contributed by atoms with Gasteiger partial charge in [0.1, 0.15) is 11.3 Å². The zero-order valence-electron chi connectivity index (χ0n) is 20.1. The monoisotopic (exact) mass is 482 g/mol. The number of nitrogens with two attached hydrogens (primary N) is 1. The minimum Gasteiger partial charge on any atom is -0.454 e. The summed E-state index contributed by atoms with van der Waals surface area (Å²) in [5, 5.41) is 3.87. The van der Waals surface area contributed by atoms with Gasteiger partial charge in [0.15, 0.2) is 11.4 Å². The SMILES string of the molecule is NC1CCC1.O=c1ccc2ncc(-c3cc4c(N5CCN(c6ccccc6)CC5)cccc4o3)n2[nH]1. The van der Waals surface area contributed by atoms with Crippen LogP contribution in [0.25, 0.3) is 28.1 Å². The molecule has 3 N–H and O–H groups in total. The number of rotatable bonds is 3. The maximum absolute atomic E-state index is 11.8. The van der Waals surface area contributed by atoms with Gasteiger partial charge in [0, 0.05) is 55.0 Å². The van der Waals surface area contributed by atoms with Crippen LogP contribution in [0, 0.1) is 0 Å². The van der Waals surface area contributed by atoms with Crippen molar-refractivity contribution in [3.8, 4) is 11.5 Å². The Kier molecular flexibility index (Phi) is 5.95. The van der Waals surface area contributed by atoms with Crippen LogP contribution in [0.15, 0.2) is 82.1 Å². The van der Waals surface area contributed by atoms with Crippen LogP contribution in [-0.2, 0) is 0 Å². The van der Waals surface area contributed by atoms with Gasteiger partial charge in [0.05, 0.1) is 6.20 Å². The maximum Gasteiger partial charge on any atom is 0.263 e. The quantitative estimate of drug-likeness (QED) is 0.399. The molecule has 0 unspecified atom stereocenters. The minimum atomic E-state index is -0.181. The third-order valence-corrected chi connectivity index (χ3v) is 7.08. The Morgan fingerprint density at radius 3 is 2.39 bits per heavy atom. The fourth-order valence-electron chi connectivity index (χ4n) is 4.80. The summed E-state index contributed by atoms with van der Waals surface area (Å²) >= 11 is 0. The summed E-state index contributed by atoms with van der Waals surface area (Å²) in [6, 6.07) is 22.5. The van der Waals surface area contributed by atoms with E-state index in [1.165, 1.54) is 36.7 Å². The van der Waals surface area contributed by atoms with Crippen LogP contribution in [-0.4, -0.2) is 46.8 Å². The molecular weight excluding hydrogens is 452 g/mol. The molecule has 8 nitrogen and oxygen atoms in total. The van der Waals surface area contributed by atoms with Crippen molar-refractivity contribution in [1.29, 1.82) is 0 Å².